The van der Waals surface area contributed by atoms with Crippen molar-refractivity contribution < 1.29 is 9.84 Å². The molecule has 0 aromatic carbocycles. The lowest BCUT2D eigenvalue weighted by molar-refractivity contribution is 0.0944. The van der Waals surface area contributed by atoms with Gasteiger partial charge in [-0.15, -0.1) is 11.3 Å². The first-order chi connectivity index (χ1) is 7.83. The lowest BCUT2D eigenvalue weighted by Crippen LogP contribution is -2.39. The number of rotatable bonds is 4. The van der Waals surface area contributed by atoms with Crippen molar-refractivity contribution >= 4 is 11.3 Å². The Morgan fingerprint density at radius 2 is 2.50 bits per heavy atom. The molecule has 0 spiro atoms. The molecule has 0 radical (unpaired) electrons. The third-order valence-electron chi connectivity index (χ3n) is 3.55. The van der Waals surface area contributed by atoms with E-state index in [4.69, 9.17) is 4.74 Å². The Morgan fingerprint density at radius 1 is 1.56 bits per heavy atom. The summed E-state index contributed by atoms with van der Waals surface area (Å²) in [5, 5.41) is 15.4. The van der Waals surface area contributed by atoms with Gasteiger partial charge in [0.2, 0.25) is 0 Å². The molecule has 2 saturated heterocycles. The van der Waals surface area contributed by atoms with Crippen LogP contribution in [0.2, 0.25) is 0 Å². The number of nitrogens with one attached hydrogen (secondary N) is 1. The molecule has 0 aliphatic carbocycles. The molecule has 0 amide bonds. The Morgan fingerprint density at radius 3 is 3.12 bits per heavy atom. The topological polar surface area (TPSA) is 41.5 Å². The number of thiophene rings is 1. The summed E-state index contributed by atoms with van der Waals surface area (Å²) in [7, 11) is 0. The zero-order valence-corrected chi connectivity index (χ0v) is 9.95. The fourth-order valence-corrected chi connectivity index (χ4v) is 3.41. The minimum atomic E-state index is -0.376. The van der Waals surface area contributed by atoms with Crippen LogP contribution in [-0.2, 0) is 4.74 Å². The number of fused-ring (bicyclic) bond motifs is 2. The van der Waals surface area contributed by atoms with E-state index < -0.39 is 0 Å². The maximum absolute atomic E-state index is 9.95. The Balaban J connectivity index is 1.50. The average Bonchev–Trinajstić information content (AvgIpc) is 3.01. The van der Waals surface area contributed by atoms with E-state index >= 15 is 0 Å². The van der Waals surface area contributed by atoms with Crippen molar-refractivity contribution in [2.45, 2.75) is 43.6 Å². The van der Waals surface area contributed by atoms with Crippen LogP contribution in [0.3, 0.4) is 0 Å². The van der Waals surface area contributed by atoms with E-state index in [-0.39, 0.29) is 6.10 Å². The lowest BCUT2D eigenvalue weighted by Gasteiger charge is -2.21. The number of hydrogen-bond acceptors (Lipinski definition) is 4. The molecule has 3 rings (SSSR count). The molecule has 88 valence electrons. The zero-order valence-electron chi connectivity index (χ0n) is 9.13. The average molecular weight is 239 g/mol. The SMILES string of the molecule is OC(CNC1CC2CCC1O2)c1cccs1. The molecule has 2 aliphatic rings. The molecule has 4 atom stereocenters. The Labute approximate surface area is 99.4 Å². The number of aliphatic hydroxyl groups excluding tert-OH is 1. The van der Waals surface area contributed by atoms with Gasteiger partial charge in [-0.05, 0) is 30.7 Å². The van der Waals surface area contributed by atoms with Crippen LogP contribution in [0.4, 0.5) is 0 Å². The van der Waals surface area contributed by atoms with E-state index in [1.165, 1.54) is 12.8 Å². The number of ether oxygens (including phenoxy) is 1. The van der Waals surface area contributed by atoms with Gasteiger partial charge in [0.1, 0.15) is 6.10 Å². The number of aliphatic hydroxyl groups is 1. The summed E-state index contributed by atoms with van der Waals surface area (Å²) < 4.78 is 5.77. The van der Waals surface area contributed by atoms with E-state index in [1.807, 2.05) is 17.5 Å². The first kappa shape index (κ1) is 10.7. The standard InChI is InChI=1S/C12H17NO2S/c14-10(12-2-1-5-16-12)7-13-9-6-8-3-4-11(9)15-8/h1-2,5,8-11,13-14H,3-4,6-7H2. The number of hydrogen-bond donors (Lipinski definition) is 2. The van der Waals surface area contributed by atoms with Crippen LogP contribution in [0.1, 0.15) is 30.2 Å². The maximum Gasteiger partial charge on any atom is 0.101 e. The summed E-state index contributed by atoms with van der Waals surface area (Å²) in [6.45, 7) is 0.637. The van der Waals surface area contributed by atoms with E-state index in [1.54, 1.807) is 11.3 Å². The minimum Gasteiger partial charge on any atom is -0.386 e. The van der Waals surface area contributed by atoms with Crippen molar-refractivity contribution in [2.24, 2.45) is 0 Å². The maximum atomic E-state index is 9.95. The highest BCUT2D eigenvalue weighted by atomic mass is 32.1. The minimum absolute atomic E-state index is 0.376. The fourth-order valence-electron chi connectivity index (χ4n) is 2.70. The van der Waals surface area contributed by atoms with Gasteiger partial charge >= 0.3 is 0 Å². The van der Waals surface area contributed by atoms with Gasteiger partial charge in [0.15, 0.2) is 0 Å². The summed E-state index contributed by atoms with van der Waals surface area (Å²) in [6.07, 6.45) is 4.00. The highest BCUT2D eigenvalue weighted by Crippen LogP contribution is 2.34. The van der Waals surface area contributed by atoms with Gasteiger partial charge in [-0.2, -0.15) is 0 Å². The summed E-state index contributed by atoms with van der Waals surface area (Å²) in [4.78, 5) is 1.04. The van der Waals surface area contributed by atoms with Crippen LogP contribution >= 0.6 is 11.3 Å². The van der Waals surface area contributed by atoms with Gasteiger partial charge in [-0.25, -0.2) is 0 Å². The highest BCUT2D eigenvalue weighted by molar-refractivity contribution is 7.10. The van der Waals surface area contributed by atoms with Gasteiger partial charge < -0.3 is 15.2 Å². The van der Waals surface area contributed by atoms with Crippen molar-refractivity contribution in [3.05, 3.63) is 22.4 Å². The van der Waals surface area contributed by atoms with Gasteiger partial charge in [0.05, 0.1) is 12.2 Å². The fraction of sp³-hybridized carbons (Fsp3) is 0.667. The zero-order chi connectivity index (χ0) is 11.0. The summed E-state index contributed by atoms with van der Waals surface area (Å²) in [6, 6.07) is 4.41. The molecular weight excluding hydrogens is 222 g/mol. The molecule has 16 heavy (non-hydrogen) atoms. The quantitative estimate of drug-likeness (QED) is 0.840. The van der Waals surface area contributed by atoms with Crippen LogP contribution < -0.4 is 5.32 Å². The monoisotopic (exact) mass is 239 g/mol. The first-order valence-electron chi connectivity index (χ1n) is 5.93. The summed E-state index contributed by atoms with van der Waals surface area (Å²) in [5.74, 6) is 0. The van der Waals surface area contributed by atoms with E-state index in [0.29, 0.717) is 24.8 Å². The van der Waals surface area contributed by atoms with Gasteiger partial charge in [-0.3, -0.25) is 0 Å². The Hall–Kier alpha value is -0.420. The van der Waals surface area contributed by atoms with Gasteiger partial charge in [-0.1, -0.05) is 6.07 Å². The summed E-state index contributed by atoms with van der Waals surface area (Å²) in [5.41, 5.74) is 0. The molecule has 2 fully saturated rings. The Bertz CT molecular complexity index is 341. The second kappa shape index (κ2) is 4.45. The largest absolute Gasteiger partial charge is 0.386 e. The molecule has 2 bridgehead atoms. The molecule has 2 aliphatic heterocycles. The van der Waals surface area contributed by atoms with Gasteiger partial charge in [0, 0.05) is 17.5 Å². The van der Waals surface area contributed by atoms with Crippen molar-refractivity contribution in [3.8, 4) is 0 Å². The third kappa shape index (κ3) is 2.02. The predicted molar refractivity (Wildman–Crippen MR) is 63.6 cm³/mol. The molecule has 4 unspecified atom stereocenters. The van der Waals surface area contributed by atoms with Crippen LogP contribution in [-0.4, -0.2) is 29.9 Å². The second-order valence-corrected chi connectivity index (χ2v) is 5.63. The van der Waals surface area contributed by atoms with E-state index in [9.17, 15) is 5.11 Å². The van der Waals surface area contributed by atoms with E-state index in [0.717, 1.165) is 11.3 Å². The highest BCUT2D eigenvalue weighted by Gasteiger charge is 2.40. The van der Waals surface area contributed by atoms with Crippen molar-refractivity contribution in [1.29, 1.82) is 0 Å². The first-order valence-corrected chi connectivity index (χ1v) is 6.81. The van der Waals surface area contributed by atoms with Crippen molar-refractivity contribution in [3.63, 3.8) is 0 Å². The molecule has 1 aromatic rings. The molecule has 4 heteroatoms. The summed E-state index contributed by atoms with van der Waals surface area (Å²) >= 11 is 1.61. The Kier molecular flexibility index (Phi) is 2.98. The molecule has 0 saturated carbocycles. The van der Waals surface area contributed by atoms with Crippen molar-refractivity contribution in [1.82, 2.24) is 5.32 Å². The normalized spacial score (nSPS) is 34.4. The van der Waals surface area contributed by atoms with Crippen molar-refractivity contribution in [2.75, 3.05) is 6.54 Å². The molecule has 3 heterocycles. The predicted octanol–water partition coefficient (Wildman–Crippen LogP) is 1.69. The molecule has 1 aromatic heterocycles. The van der Waals surface area contributed by atoms with Crippen LogP contribution in [0, 0.1) is 0 Å². The molecule has 2 N–H and O–H groups in total. The second-order valence-electron chi connectivity index (χ2n) is 4.66. The van der Waals surface area contributed by atoms with Crippen LogP contribution in [0.25, 0.3) is 0 Å². The van der Waals surface area contributed by atoms with Gasteiger partial charge in [0.25, 0.3) is 0 Å². The molecule has 3 nitrogen and oxygen atoms in total. The smallest absolute Gasteiger partial charge is 0.101 e. The third-order valence-corrected chi connectivity index (χ3v) is 4.52. The molecular formula is C12H17NO2S. The van der Waals surface area contributed by atoms with Crippen LogP contribution in [0.15, 0.2) is 17.5 Å². The van der Waals surface area contributed by atoms with E-state index in [2.05, 4.69) is 5.32 Å². The lowest BCUT2D eigenvalue weighted by atomic mass is 9.95. The van der Waals surface area contributed by atoms with Crippen LogP contribution in [0.5, 0.6) is 0 Å².